The molecule has 0 amide bonds. The first-order valence-electron chi connectivity index (χ1n) is 4.50. The molecule has 1 saturated heterocycles. The zero-order valence-corrected chi connectivity index (χ0v) is 7.03. The minimum atomic E-state index is -0.193. The Morgan fingerprint density at radius 2 is 2.08 bits per heavy atom. The fourth-order valence-corrected chi connectivity index (χ4v) is 1.77. The summed E-state index contributed by atoms with van der Waals surface area (Å²) in [6.45, 7) is 1.32. The van der Waals surface area contributed by atoms with Crippen molar-refractivity contribution in [3.8, 4) is 0 Å². The molecule has 3 heteroatoms. The van der Waals surface area contributed by atoms with Gasteiger partial charge in [-0.25, -0.2) is 0 Å². The van der Waals surface area contributed by atoms with Crippen LogP contribution in [0.3, 0.4) is 0 Å². The second kappa shape index (κ2) is 3.46. The van der Waals surface area contributed by atoms with Gasteiger partial charge in [0.05, 0.1) is 24.9 Å². The molecule has 1 atom stereocenters. The molecule has 2 aliphatic rings. The summed E-state index contributed by atoms with van der Waals surface area (Å²) in [7, 11) is 0. The highest BCUT2D eigenvalue weighted by molar-refractivity contribution is 5.02. The predicted molar refractivity (Wildman–Crippen MR) is 43.7 cm³/mol. The van der Waals surface area contributed by atoms with Crippen molar-refractivity contribution in [2.45, 2.75) is 25.6 Å². The number of hydrogen-bond donors (Lipinski definition) is 1. The van der Waals surface area contributed by atoms with Gasteiger partial charge >= 0.3 is 0 Å². The average Bonchev–Trinajstić information content (AvgIpc) is 2.57. The lowest BCUT2D eigenvalue weighted by Gasteiger charge is -2.24. The molecule has 0 spiro atoms. The summed E-state index contributed by atoms with van der Waals surface area (Å²) >= 11 is 0. The minimum Gasteiger partial charge on any atom is -0.512 e. The summed E-state index contributed by atoms with van der Waals surface area (Å²) in [5, 5.41) is 9.53. The molecule has 1 heterocycles. The van der Waals surface area contributed by atoms with Gasteiger partial charge < -0.3 is 14.6 Å². The Labute approximate surface area is 72.0 Å². The summed E-state index contributed by atoms with van der Waals surface area (Å²) < 4.78 is 10.7. The Morgan fingerprint density at radius 1 is 1.33 bits per heavy atom. The monoisotopic (exact) mass is 170 g/mol. The zero-order valence-electron chi connectivity index (χ0n) is 7.03. The lowest BCUT2D eigenvalue weighted by molar-refractivity contribution is -0.0855. The topological polar surface area (TPSA) is 38.7 Å². The van der Waals surface area contributed by atoms with Gasteiger partial charge in [-0.05, 0) is 25.3 Å². The van der Waals surface area contributed by atoms with Crippen LogP contribution in [0.5, 0.6) is 0 Å². The first kappa shape index (κ1) is 8.08. The largest absolute Gasteiger partial charge is 0.512 e. The van der Waals surface area contributed by atoms with Crippen molar-refractivity contribution >= 4 is 0 Å². The third-order valence-electron chi connectivity index (χ3n) is 2.43. The third-order valence-corrected chi connectivity index (χ3v) is 2.43. The van der Waals surface area contributed by atoms with Crippen LogP contribution in [-0.4, -0.2) is 24.6 Å². The normalized spacial score (nSPS) is 32.0. The smallest absolute Gasteiger partial charge is 0.167 e. The summed E-state index contributed by atoms with van der Waals surface area (Å²) in [6, 6.07) is 0. The molecular formula is C9H14O3. The van der Waals surface area contributed by atoms with Gasteiger partial charge in [-0.15, -0.1) is 0 Å². The maximum absolute atomic E-state index is 9.53. The Kier molecular flexibility index (Phi) is 2.33. The van der Waals surface area contributed by atoms with E-state index in [0.717, 1.165) is 19.3 Å². The van der Waals surface area contributed by atoms with Gasteiger partial charge in [0.15, 0.2) is 6.29 Å². The second-order valence-electron chi connectivity index (χ2n) is 3.28. The highest BCUT2D eigenvalue weighted by atomic mass is 16.7. The van der Waals surface area contributed by atoms with E-state index in [0.29, 0.717) is 19.0 Å². The molecule has 12 heavy (non-hydrogen) atoms. The van der Waals surface area contributed by atoms with Gasteiger partial charge in [0.2, 0.25) is 0 Å². The summed E-state index contributed by atoms with van der Waals surface area (Å²) in [4.78, 5) is 0. The highest BCUT2D eigenvalue weighted by Gasteiger charge is 2.30. The van der Waals surface area contributed by atoms with E-state index >= 15 is 0 Å². The van der Waals surface area contributed by atoms with E-state index < -0.39 is 0 Å². The van der Waals surface area contributed by atoms with Crippen molar-refractivity contribution in [1.82, 2.24) is 0 Å². The molecule has 1 aliphatic carbocycles. The van der Waals surface area contributed by atoms with Crippen molar-refractivity contribution in [3.05, 3.63) is 11.8 Å². The molecule has 68 valence electrons. The predicted octanol–water partition coefficient (Wildman–Crippen LogP) is 1.60. The van der Waals surface area contributed by atoms with E-state index in [-0.39, 0.29) is 12.2 Å². The van der Waals surface area contributed by atoms with Crippen LogP contribution in [0.25, 0.3) is 0 Å². The standard InChI is InChI=1S/C9H14O3/c10-8-4-2-1-3-7(8)9-11-5-6-12-9/h4,7,9-10H,1-3,5-6H2. The molecule has 0 aromatic carbocycles. The molecule has 0 saturated carbocycles. The fourth-order valence-electron chi connectivity index (χ4n) is 1.77. The minimum absolute atomic E-state index is 0.0845. The van der Waals surface area contributed by atoms with Crippen molar-refractivity contribution in [2.24, 2.45) is 5.92 Å². The van der Waals surface area contributed by atoms with Crippen LogP contribution in [0.2, 0.25) is 0 Å². The molecule has 0 radical (unpaired) electrons. The molecule has 2 rings (SSSR count). The molecule has 0 aromatic heterocycles. The molecule has 0 bridgehead atoms. The van der Waals surface area contributed by atoms with E-state index in [9.17, 15) is 5.11 Å². The fraction of sp³-hybridized carbons (Fsp3) is 0.778. The number of ether oxygens (including phenoxy) is 2. The quantitative estimate of drug-likeness (QED) is 0.649. The van der Waals surface area contributed by atoms with Crippen LogP contribution < -0.4 is 0 Å². The lowest BCUT2D eigenvalue weighted by atomic mass is 9.93. The Balaban J connectivity index is 2.01. The van der Waals surface area contributed by atoms with Crippen LogP contribution in [0.1, 0.15) is 19.3 Å². The molecule has 1 unspecified atom stereocenters. The van der Waals surface area contributed by atoms with Crippen molar-refractivity contribution in [1.29, 1.82) is 0 Å². The Morgan fingerprint density at radius 3 is 2.75 bits per heavy atom. The SMILES string of the molecule is OC1=CCCCC1C1OCCO1. The summed E-state index contributed by atoms with van der Waals surface area (Å²) in [5.74, 6) is 0.536. The van der Waals surface area contributed by atoms with Gasteiger partial charge in [-0.1, -0.05) is 0 Å². The first-order valence-corrected chi connectivity index (χ1v) is 4.50. The van der Waals surface area contributed by atoms with E-state index in [1.807, 2.05) is 6.08 Å². The summed E-state index contributed by atoms with van der Waals surface area (Å²) in [6.07, 6.45) is 4.76. The van der Waals surface area contributed by atoms with Crippen molar-refractivity contribution < 1.29 is 14.6 Å². The van der Waals surface area contributed by atoms with Gasteiger partial charge in [0.1, 0.15) is 0 Å². The first-order chi connectivity index (χ1) is 5.88. The van der Waals surface area contributed by atoms with E-state index in [4.69, 9.17) is 9.47 Å². The number of aliphatic hydroxyl groups excluding tert-OH is 1. The molecule has 1 fully saturated rings. The molecule has 1 aliphatic heterocycles. The van der Waals surface area contributed by atoms with Gasteiger partial charge in [0.25, 0.3) is 0 Å². The maximum atomic E-state index is 9.53. The van der Waals surface area contributed by atoms with E-state index in [2.05, 4.69) is 0 Å². The van der Waals surface area contributed by atoms with Crippen LogP contribution in [-0.2, 0) is 9.47 Å². The number of allylic oxidation sites excluding steroid dienone is 1. The van der Waals surface area contributed by atoms with Crippen LogP contribution in [0.15, 0.2) is 11.8 Å². The Bertz CT molecular complexity index is 182. The van der Waals surface area contributed by atoms with E-state index in [1.54, 1.807) is 0 Å². The third kappa shape index (κ3) is 1.47. The number of aliphatic hydroxyl groups is 1. The number of hydrogen-bond acceptors (Lipinski definition) is 3. The van der Waals surface area contributed by atoms with Gasteiger partial charge in [0, 0.05) is 0 Å². The van der Waals surface area contributed by atoms with Crippen LogP contribution in [0, 0.1) is 5.92 Å². The second-order valence-corrected chi connectivity index (χ2v) is 3.28. The van der Waals surface area contributed by atoms with Crippen LogP contribution >= 0.6 is 0 Å². The molecular weight excluding hydrogens is 156 g/mol. The van der Waals surface area contributed by atoms with Crippen LogP contribution in [0.4, 0.5) is 0 Å². The van der Waals surface area contributed by atoms with Gasteiger partial charge in [-0.2, -0.15) is 0 Å². The lowest BCUT2D eigenvalue weighted by Crippen LogP contribution is -2.25. The van der Waals surface area contributed by atoms with Gasteiger partial charge in [-0.3, -0.25) is 0 Å². The molecule has 0 aromatic rings. The summed E-state index contributed by atoms with van der Waals surface area (Å²) in [5.41, 5.74) is 0. The van der Waals surface area contributed by atoms with E-state index in [1.165, 1.54) is 0 Å². The molecule has 1 N–H and O–H groups in total. The highest BCUT2D eigenvalue weighted by Crippen LogP contribution is 2.29. The van der Waals surface area contributed by atoms with Crippen molar-refractivity contribution in [2.75, 3.05) is 13.2 Å². The average molecular weight is 170 g/mol. The maximum Gasteiger partial charge on any atom is 0.167 e. The van der Waals surface area contributed by atoms with Crippen molar-refractivity contribution in [3.63, 3.8) is 0 Å². The zero-order chi connectivity index (χ0) is 8.39. The molecule has 3 nitrogen and oxygen atoms in total. The number of rotatable bonds is 1. The Hall–Kier alpha value is -0.540.